The molecule has 2 aromatic rings. The molecule has 1 aliphatic carbocycles. The molecule has 1 aliphatic rings. The summed E-state index contributed by atoms with van der Waals surface area (Å²) in [5, 5.41) is 10.2. The Morgan fingerprint density at radius 3 is 2.24 bits per heavy atom. The zero-order valence-corrected chi connectivity index (χ0v) is 18.2. The van der Waals surface area contributed by atoms with Gasteiger partial charge in [0.2, 0.25) is 0 Å². The Hall–Kier alpha value is -1.98. The maximum Gasteiger partial charge on any atom is 0.175 e. The van der Waals surface area contributed by atoms with Gasteiger partial charge in [0, 0.05) is 24.5 Å². The summed E-state index contributed by atoms with van der Waals surface area (Å²) in [6.45, 7) is 3.88. The van der Waals surface area contributed by atoms with E-state index in [0.29, 0.717) is 19.3 Å². The molecular formula is C24H30O4S. The summed E-state index contributed by atoms with van der Waals surface area (Å²) in [5.41, 5.74) is 2.50. The molecule has 0 aromatic heterocycles. The fraction of sp³-hybridized carbons (Fsp3) is 0.458. The summed E-state index contributed by atoms with van der Waals surface area (Å²) in [6, 6.07) is 14.9. The number of Topliss-reactive ketones (excluding diaryl/α,β-unsaturated/α-hetero) is 1. The summed E-state index contributed by atoms with van der Waals surface area (Å²) < 4.78 is 23.6. The number of hydrogen-bond donors (Lipinski definition) is 1. The number of aliphatic hydroxyl groups is 1. The van der Waals surface area contributed by atoms with Gasteiger partial charge in [-0.05, 0) is 68.4 Å². The number of rotatable bonds is 6. The van der Waals surface area contributed by atoms with Gasteiger partial charge in [-0.1, -0.05) is 36.4 Å². The van der Waals surface area contributed by atoms with Crippen LogP contribution in [0.3, 0.4) is 0 Å². The van der Waals surface area contributed by atoms with E-state index in [1.54, 1.807) is 12.1 Å². The van der Waals surface area contributed by atoms with Crippen LogP contribution in [0.5, 0.6) is 0 Å². The minimum atomic E-state index is -3.26. The molecule has 1 N–H and O–H groups in total. The Bertz CT molecular complexity index is 964. The van der Waals surface area contributed by atoms with E-state index in [0.717, 1.165) is 29.5 Å². The van der Waals surface area contributed by atoms with Crippen LogP contribution in [0.4, 0.5) is 0 Å². The van der Waals surface area contributed by atoms with Crippen molar-refractivity contribution in [1.29, 1.82) is 0 Å². The van der Waals surface area contributed by atoms with Crippen LogP contribution in [-0.2, 0) is 14.6 Å². The molecule has 5 heteroatoms. The van der Waals surface area contributed by atoms with Crippen molar-refractivity contribution in [1.82, 2.24) is 0 Å². The lowest BCUT2D eigenvalue weighted by molar-refractivity contribution is -0.125. The number of carbonyl (C=O) groups excluding carboxylic acids is 1. The predicted octanol–water partition coefficient (Wildman–Crippen LogP) is 4.43. The number of sulfone groups is 1. The first-order valence-electron chi connectivity index (χ1n) is 10.2. The third-order valence-electron chi connectivity index (χ3n) is 6.20. The van der Waals surface area contributed by atoms with Crippen molar-refractivity contribution in [2.45, 2.75) is 62.4 Å². The van der Waals surface area contributed by atoms with Crippen LogP contribution < -0.4 is 0 Å². The molecule has 0 bridgehead atoms. The number of ketones is 1. The fourth-order valence-electron chi connectivity index (χ4n) is 4.26. The number of carbonyl (C=O) groups is 1. The van der Waals surface area contributed by atoms with E-state index in [1.165, 1.54) is 6.26 Å². The van der Waals surface area contributed by atoms with Crippen molar-refractivity contribution in [3.63, 3.8) is 0 Å². The topological polar surface area (TPSA) is 71.4 Å². The Morgan fingerprint density at radius 1 is 1.10 bits per heavy atom. The van der Waals surface area contributed by atoms with E-state index in [4.69, 9.17) is 0 Å². The molecule has 0 amide bonds. The quantitative estimate of drug-likeness (QED) is 0.759. The molecule has 2 aromatic carbocycles. The van der Waals surface area contributed by atoms with Gasteiger partial charge in [-0.3, -0.25) is 4.79 Å². The van der Waals surface area contributed by atoms with E-state index >= 15 is 0 Å². The van der Waals surface area contributed by atoms with Gasteiger partial charge in [-0.15, -0.1) is 0 Å². The van der Waals surface area contributed by atoms with Gasteiger partial charge in [0.25, 0.3) is 0 Å². The van der Waals surface area contributed by atoms with Gasteiger partial charge >= 0.3 is 0 Å². The van der Waals surface area contributed by atoms with Crippen molar-refractivity contribution in [3.8, 4) is 0 Å². The van der Waals surface area contributed by atoms with Crippen molar-refractivity contribution in [3.05, 3.63) is 65.2 Å². The molecule has 1 atom stereocenters. The van der Waals surface area contributed by atoms with Gasteiger partial charge < -0.3 is 5.11 Å². The highest BCUT2D eigenvalue weighted by molar-refractivity contribution is 7.90. The third kappa shape index (κ3) is 5.34. The third-order valence-corrected chi connectivity index (χ3v) is 7.33. The lowest BCUT2D eigenvalue weighted by atomic mass is 9.75. The maximum atomic E-state index is 13.1. The fourth-order valence-corrected chi connectivity index (χ4v) is 4.89. The Kier molecular flexibility index (Phi) is 6.30. The molecule has 1 saturated carbocycles. The molecule has 156 valence electrons. The standard InChI is InChI=1S/C24H30O4S/c1-17-6-4-5-7-21(17)22(18-8-10-20(11-9-18)29(3,27)28)16-23(25)19-12-14-24(2,26)15-13-19/h4-11,19,22,26H,12-16H2,1-3H3. The first kappa shape index (κ1) is 21.7. The molecule has 0 saturated heterocycles. The Labute approximate surface area is 173 Å². The van der Waals surface area contributed by atoms with E-state index in [1.807, 2.05) is 50.2 Å². The van der Waals surface area contributed by atoms with Gasteiger partial charge in [0.1, 0.15) is 5.78 Å². The highest BCUT2D eigenvalue weighted by Gasteiger charge is 2.33. The van der Waals surface area contributed by atoms with Gasteiger partial charge in [-0.2, -0.15) is 0 Å². The van der Waals surface area contributed by atoms with Crippen molar-refractivity contribution in [2.24, 2.45) is 5.92 Å². The van der Waals surface area contributed by atoms with E-state index in [2.05, 4.69) is 0 Å². The van der Waals surface area contributed by atoms with E-state index in [9.17, 15) is 18.3 Å². The Balaban J connectivity index is 1.88. The monoisotopic (exact) mass is 414 g/mol. The van der Waals surface area contributed by atoms with Crippen molar-refractivity contribution in [2.75, 3.05) is 6.26 Å². The van der Waals surface area contributed by atoms with Crippen molar-refractivity contribution < 1.29 is 18.3 Å². The van der Waals surface area contributed by atoms with E-state index < -0.39 is 15.4 Å². The molecule has 4 nitrogen and oxygen atoms in total. The van der Waals surface area contributed by atoms with Crippen LogP contribution in [0.1, 0.15) is 61.6 Å². The molecule has 0 spiro atoms. The number of benzene rings is 2. The van der Waals surface area contributed by atoms with Crippen LogP contribution in [0.15, 0.2) is 53.4 Å². The summed E-state index contributed by atoms with van der Waals surface area (Å²) in [4.78, 5) is 13.4. The van der Waals surface area contributed by atoms with Gasteiger partial charge in [0.15, 0.2) is 9.84 Å². The minimum absolute atomic E-state index is 0.0166. The number of hydrogen-bond acceptors (Lipinski definition) is 4. The molecule has 3 rings (SSSR count). The average Bonchev–Trinajstić information content (AvgIpc) is 2.66. The first-order chi connectivity index (χ1) is 13.6. The second-order valence-corrected chi connectivity index (χ2v) is 10.7. The van der Waals surface area contributed by atoms with Gasteiger partial charge in [-0.25, -0.2) is 8.42 Å². The van der Waals surface area contributed by atoms with Crippen LogP contribution >= 0.6 is 0 Å². The van der Waals surface area contributed by atoms with Gasteiger partial charge in [0.05, 0.1) is 10.5 Å². The predicted molar refractivity (Wildman–Crippen MR) is 115 cm³/mol. The zero-order valence-electron chi connectivity index (χ0n) is 17.4. The first-order valence-corrected chi connectivity index (χ1v) is 12.1. The second kappa shape index (κ2) is 8.41. The number of aryl methyl sites for hydroxylation is 1. The maximum absolute atomic E-state index is 13.1. The lowest BCUT2D eigenvalue weighted by Gasteiger charge is -2.33. The molecule has 0 aliphatic heterocycles. The smallest absolute Gasteiger partial charge is 0.175 e. The summed E-state index contributed by atoms with van der Waals surface area (Å²) in [7, 11) is -3.26. The largest absolute Gasteiger partial charge is 0.390 e. The molecule has 1 unspecified atom stereocenters. The van der Waals surface area contributed by atoms with Crippen LogP contribution in [0.25, 0.3) is 0 Å². The highest BCUT2D eigenvalue weighted by atomic mass is 32.2. The van der Waals surface area contributed by atoms with Crippen molar-refractivity contribution >= 4 is 15.6 Å². The normalized spacial score (nSPS) is 23.5. The SMILES string of the molecule is Cc1ccccc1C(CC(=O)C1CCC(C)(O)CC1)c1ccc(S(C)(=O)=O)cc1. The summed E-state index contributed by atoms with van der Waals surface area (Å²) >= 11 is 0. The zero-order chi connectivity index (χ0) is 21.2. The summed E-state index contributed by atoms with van der Waals surface area (Å²) in [6.07, 6.45) is 4.33. The Morgan fingerprint density at radius 2 is 1.69 bits per heavy atom. The molecular weight excluding hydrogens is 384 g/mol. The summed E-state index contributed by atoms with van der Waals surface area (Å²) in [5.74, 6) is 0.0951. The van der Waals surface area contributed by atoms with E-state index in [-0.39, 0.29) is 22.5 Å². The molecule has 1 fully saturated rings. The average molecular weight is 415 g/mol. The highest BCUT2D eigenvalue weighted by Crippen LogP contribution is 2.37. The van der Waals surface area contributed by atoms with Crippen LogP contribution in [-0.4, -0.2) is 31.2 Å². The second-order valence-electron chi connectivity index (χ2n) is 8.69. The molecule has 0 radical (unpaired) electrons. The van der Waals surface area contributed by atoms with Crippen LogP contribution in [0, 0.1) is 12.8 Å². The van der Waals surface area contributed by atoms with Crippen LogP contribution in [0.2, 0.25) is 0 Å². The minimum Gasteiger partial charge on any atom is -0.390 e. The molecule has 29 heavy (non-hydrogen) atoms. The lowest BCUT2D eigenvalue weighted by Crippen LogP contribution is -2.33. The molecule has 0 heterocycles.